The van der Waals surface area contributed by atoms with Crippen LogP contribution in [0.25, 0.3) is 22.0 Å². The Balaban J connectivity index is 2.26. The zero-order chi connectivity index (χ0) is 14.1. The largest absolute Gasteiger partial charge is 0.496 e. The van der Waals surface area contributed by atoms with Crippen LogP contribution in [-0.2, 0) is 0 Å². The van der Waals surface area contributed by atoms with Crippen molar-refractivity contribution in [3.05, 3.63) is 54.2 Å². The van der Waals surface area contributed by atoms with E-state index in [0.29, 0.717) is 0 Å². The molecule has 4 heteroatoms. The van der Waals surface area contributed by atoms with E-state index >= 15 is 0 Å². The van der Waals surface area contributed by atoms with E-state index in [-0.39, 0.29) is 5.56 Å². The van der Waals surface area contributed by atoms with Crippen molar-refractivity contribution < 1.29 is 14.6 Å². The molecule has 0 unspecified atom stereocenters. The lowest BCUT2D eigenvalue weighted by atomic mass is 10.0. The van der Waals surface area contributed by atoms with Crippen molar-refractivity contribution in [3.8, 4) is 16.9 Å². The predicted octanol–water partition coefficient (Wildman–Crippen LogP) is 3.54. The monoisotopic (exact) mass is 267 g/mol. The smallest absolute Gasteiger partial charge is 0.335 e. The normalized spacial score (nSPS) is 10.7. The Labute approximate surface area is 115 Å². The molecule has 1 heterocycles. The number of carboxylic acid groups (broad SMARTS) is 1. The van der Waals surface area contributed by atoms with Gasteiger partial charge in [-0.1, -0.05) is 18.2 Å². The molecule has 0 saturated heterocycles. The Morgan fingerprint density at radius 1 is 1.15 bits per heavy atom. The Morgan fingerprint density at radius 3 is 2.70 bits per heavy atom. The molecule has 1 aromatic heterocycles. The van der Waals surface area contributed by atoms with E-state index in [1.54, 1.807) is 25.3 Å². The molecule has 2 N–H and O–H groups in total. The van der Waals surface area contributed by atoms with Crippen molar-refractivity contribution in [3.63, 3.8) is 0 Å². The molecule has 0 fully saturated rings. The zero-order valence-corrected chi connectivity index (χ0v) is 10.9. The van der Waals surface area contributed by atoms with E-state index in [1.165, 1.54) is 0 Å². The third-order valence-electron chi connectivity index (χ3n) is 3.33. The topological polar surface area (TPSA) is 62.3 Å². The van der Waals surface area contributed by atoms with Gasteiger partial charge in [-0.2, -0.15) is 0 Å². The first-order valence-corrected chi connectivity index (χ1v) is 6.18. The Kier molecular flexibility index (Phi) is 2.91. The molecule has 0 atom stereocenters. The molecular weight excluding hydrogens is 254 g/mol. The average molecular weight is 267 g/mol. The highest BCUT2D eigenvalue weighted by molar-refractivity contribution is 6.01. The molecule has 0 bridgehead atoms. The second-order valence-electron chi connectivity index (χ2n) is 4.47. The zero-order valence-electron chi connectivity index (χ0n) is 10.9. The van der Waals surface area contributed by atoms with E-state index in [4.69, 9.17) is 9.84 Å². The number of aromatic carboxylic acids is 1. The fraction of sp³-hybridized carbons (Fsp3) is 0.0625. The van der Waals surface area contributed by atoms with Crippen LogP contribution in [0.3, 0.4) is 0 Å². The number of methoxy groups -OCH3 is 1. The Morgan fingerprint density at radius 2 is 1.95 bits per heavy atom. The number of aromatic nitrogens is 1. The summed E-state index contributed by atoms with van der Waals surface area (Å²) in [4.78, 5) is 14.3. The molecule has 0 amide bonds. The van der Waals surface area contributed by atoms with Crippen LogP contribution in [0.15, 0.2) is 48.7 Å². The van der Waals surface area contributed by atoms with E-state index in [0.717, 1.165) is 27.8 Å². The highest BCUT2D eigenvalue weighted by Gasteiger charge is 2.12. The van der Waals surface area contributed by atoms with Crippen LogP contribution in [0, 0.1) is 0 Å². The standard InChI is InChI=1S/C16H13NO3/c1-20-15-5-3-2-4-11(15)13-9-17-14-7-6-10(16(18)19)8-12(13)14/h2-9,17H,1H3,(H,18,19). The highest BCUT2D eigenvalue weighted by atomic mass is 16.5. The van der Waals surface area contributed by atoms with Gasteiger partial charge < -0.3 is 14.8 Å². The fourth-order valence-corrected chi connectivity index (χ4v) is 2.34. The Bertz CT molecular complexity index is 789. The maximum Gasteiger partial charge on any atom is 0.335 e. The van der Waals surface area contributed by atoms with Crippen molar-refractivity contribution in [2.24, 2.45) is 0 Å². The van der Waals surface area contributed by atoms with Crippen LogP contribution in [0.5, 0.6) is 5.75 Å². The van der Waals surface area contributed by atoms with Gasteiger partial charge in [0.05, 0.1) is 12.7 Å². The average Bonchev–Trinajstić information content (AvgIpc) is 2.89. The van der Waals surface area contributed by atoms with Gasteiger partial charge in [-0.15, -0.1) is 0 Å². The molecule has 0 aliphatic rings. The molecule has 0 radical (unpaired) electrons. The van der Waals surface area contributed by atoms with Crippen LogP contribution < -0.4 is 4.74 Å². The van der Waals surface area contributed by atoms with E-state index in [1.807, 2.05) is 30.5 Å². The first-order chi connectivity index (χ1) is 9.70. The van der Waals surface area contributed by atoms with Gasteiger partial charge in [0.2, 0.25) is 0 Å². The molecule has 3 rings (SSSR count). The van der Waals surface area contributed by atoms with Crippen molar-refractivity contribution in [1.82, 2.24) is 4.98 Å². The quantitative estimate of drug-likeness (QED) is 0.763. The molecule has 0 spiro atoms. The summed E-state index contributed by atoms with van der Waals surface area (Å²) >= 11 is 0. The number of carbonyl (C=O) groups is 1. The van der Waals surface area contributed by atoms with Gasteiger partial charge in [-0.25, -0.2) is 4.79 Å². The minimum atomic E-state index is -0.931. The predicted molar refractivity (Wildman–Crippen MR) is 77.2 cm³/mol. The van der Waals surface area contributed by atoms with Gasteiger partial charge in [0, 0.05) is 28.2 Å². The molecule has 4 nitrogen and oxygen atoms in total. The van der Waals surface area contributed by atoms with Gasteiger partial charge in [-0.05, 0) is 24.3 Å². The number of hydrogen-bond donors (Lipinski definition) is 2. The summed E-state index contributed by atoms with van der Waals surface area (Å²) in [6, 6.07) is 12.7. The molecular formula is C16H13NO3. The maximum absolute atomic E-state index is 11.1. The number of aromatic amines is 1. The minimum Gasteiger partial charge on any atom is -0.496 e. The maximum atomic E-state index is 11.1. The van der Waals surface area contributed by atoms with E-state index < -0.39 is 5.97 Å². The van der Waals surface area contributed by atoms with Crippen molar-refractivity contribution in [2.75, 3.05) is 7.11 Å². The second-order valence-corrected chi connectivity index (χ2v) is 4.47. The lowest BCUT2D eigenvalue weighted by Crippen LogP contribution is -1.95. The summed E-state index contributed by atoms with van der Waals surface area (Å²) in [5.74, 6) is -0.173. The summed E-state index contributed by atoms with van der Waals surface area (Å²) in [7, 11) is 1.62. The summed E-state index contributed by atoms with van der Waals surface area (Å²) in [6.45, 7) is 0. The summed E-state index contributed by atoms with van der Waals surface area (Å²) in [6.07, 6.45) is 1.87. The van der Waals surface area contributed by atoms with Gasteiger partial charge in [0.1, 0.15) is 5.75 Å². The molecule has 2 aromatic carbocycles. The van der Waals surface area contributed by atoms with Gasteiger partial charge in [0.15, 0.2) is 0 Å². The van der Waals surface area contributed by atoms with Crippen LogP contribution in [-0.4, -0.2) is 23.2 Å². The van der Waals surface area contributed by atoms with Crippen LogP contribution in [0.1, 0.15) is 10.4 Å². The number of para-hydroxylation sites is 1. The van der Waals surface area contributed by atoms with Gasteiger partial charge >= 0.3 is 5.97 Å². The van der Waals surface area contributed by atoms with Gasteiger partial charge in [-0.3, -0.25) is 0 Å². The number of nitrogens with one attached hydrogen (secondary N) is 1. The van der Waals surface area contributed by atoms with Crippen LogP contribution in [0.2, 0.25) is 0 Å². The van der Waals surface area contributed by atoms with Crippen LogP contribution in [0.4, 0.5) is 0 Å². The molecule has 0 aliphatic carbocycles. The van der Waals surface area contributed by atoms with Gasteiger partial charge in [0.25, 0.3) is 0 Å². The number of fused-ring (bicyclic) bond motifs is 1. The third-order valence-corrected chi connectivity index (χ3v) is 3.33. The summed E-state index contributed by atoms with van der Waals surface area (Å²) in [5, 5.41) is 9.98. The molecule has 0 saturated carbocycles. The third kappa shape index (κ3) is 1.91. The molecule has 0 aliphatic heterocycles. The lowest BCUT2D eigenvalue weighted by Gasteiger charge is -2.07. The molecule has 20 heavy (non-hydrogen) atoms. The van der Waals surface area contributed by atoms with Crippen molar-refractivity contribution >= 4 is 16.9 Å². The lowest BCUT2D eigenvalue weighted by molar-refractivity contribution is 0.0697. The Hall–Kier alpha value is -2.75. The summed E-state index contributed by atoms with van der Waals surface area (Å²) < 4.78 is 5.37. The fourth-order valence-electron chi connectivity index (χ4n) is 2.34. The van der Waals surface area contributed by atoms with Crippen molar-refractivity contribution in [2.45, 2.75) is 0 Å². The van der Waals surface area contributed by atoms with Crippen molar-refractivity contribution in [1.29, 1.82) is 0 Å². The summed E-state index contributed by atoms with van der Waals surface area (Å²) in [5.41, 5.74) is 3.04. The first-order valence-electron chi connectivity index (χ1n) is 6.18. The SMILES string of the molecule is COc1ccccc1-c1c[nH]c2ccc(C(=O)O)cc12. The molecule has 100 valence electrons. The number of hydrogen-bond acceptors (Lipinski definition) is 2. The minimum absolute atomic E-state index is 0.272. The highest BCUT2D eigenvalue weighted by Crippen LogP contribution is 2.35. The number of H-pyrrole nitrogens is 1. The van der Waals surface area contributed by atoms with E-state index in [2.05, 4.69) is 4.98 Å². The van der Waals surface area contributed by atoms with Crippen LogP contribution >= 0.6 is 0 Å². The van der Waals surface area contributed by atoms with E-state index in [9.17, 15) is 4.79 Å². The number of carboxylic acids is 1. The first kappa shape index (κ1) is 12.3. The molecule has 3 aromatic rings. The number of benzene rings is 2. The number of ether oxygens (including phenoxy) is 1. The number of rotatable bonds is 3. The second kappa shape index (κ2) is 4.74.